The molecule has 2 N–H and O–H groups in total. The Morgan fingerprint density at radius 1 is 1.03 bits per heavy atom. The van der Waals surface area contributed by atoms with E-state index in [0.29, 0.717) is 48.7 Å². The van der Waals surface area contributed by atoms with Crippen LogP contribution in [-0.2, 0) is 4.79 Å². The van der Waals surface area contributed by atoms with Crippen LogP contribution in [0.3, 0.4) is 0 Å². The number of carbonyl (C=O) groups is 2. The van der Waals surface area contributed by atoms with Crippen LogP contribution in [0.2, 0.25) is 10.0 Å². The van der Waals surface area contributed by atoms with Crippen LogP contribution in [0.5, 0.6) is 0 Å². The fourth-order valence-electron chi connectivity index (χ4n) is 4.62. The Morgan fingerprint density at radius 2 is 1.69 bits per heavy atom. The number of aromatic nitrogens is 2. The number of nitrogens with one attached hydrogen (secondary N) is 1. The van der Waals surface area contributed by atoms with Crippen molar-refractivity contribution in [3.63, 3.8) is 0 Å². The van der Waals surface area contributed by atoms with Gasteiger partial charge < -0.3 is 20.2 Å². The SMILES string of the molecule is O=C(O)NC[C@H]1CN(C(=O)C2CCN(c3ncc(Cl)cn3)CC2)C[C@H]1c1ccc(Cl)cc1. The van der Waals surface area contributed by atoms with Crippen molar-refractivity contribution in [3.8, 4) is 0 Å². The molecule has 2 aromatic rings. The lowest BCUT2D eigenvalue weighted by atomic mass is 9.89. The third-order valence-corrected chi connectivity index (χ3v) is 6.75. The average Bonchev–Trinajstić information content (AvgIpc) is 3.22. The lowest BCUT2D eigenvalue weighted by Gasteiger charge is -2.33. The molecule has 2 atom stereocenters. The first-order valence-corrected chi connectivity index (χ1v) is 11.4. The Balaban J connectivity index is 1.40. The Morgan fingerprint density at radius 3 is 2.31 bits per heavy atom. The monoisotopic (exact) mass is 477 g/mol. The van der Waals surface area contributed by atoms with Gasteiger partial charge in [-0.25, -0.2) is 14.8 Å². The van der Waals surface area contributed by atoms with Crippen LogP contribution >= 0.6 is 23.2 Å². The summed E-state index contributed by atoms with van der Waals surface area (Å²) in [6, 6.07) is 7.58. The summed E-state index contributed by atoms with van der Waals surface area (Å²) in [7, 11) is 0. The normalized spacial score (nSPS) is 21.6. The first-order chi connectivity index (χ1) is 15.4. The summed E-state index contributed by atoms with van der Waals surface area (Å²) in [4.78, 5) is 36.8. The lowest BCUT2D eigenvalue weighted by Crippen LogP contribution is -2.42. The molecule has 0 bridgehead atoms. The number of nitrogens with zero attached hydrogens (tertiary/aromatic N) is 4. The molecule has 2 aliphatic rings. The van der Waals surface area contributed by atoms with Crippen molar-refractivity contribution >= 4 is 41.2 Å². The third kappa shape index (κ3) is 5.24. The molecule has 1 aromatic heterocycles. The van der Waals surface area contributed by atoms with Gasteiger partial charge in [-0.05, 0) is 30.5 Å². The fourth-order valence-corrected chi connectivity index (χ4v) is 4.84. The van der Waals surface area contributed by atoms with Gasteiger partial charge in [0.2, 0.25) is 11.9 Å². The highest BCUT2D eigenvalue weighted by Crippen LogP contribution is 2.35. The zero-order valence-corrected chi connectivity index (χ0v) is 19.0. The van der Waals surface area contributed by atoms with Gasteiger partial charge >= 0.3 is 6.09 Å². The highest BCUT2D eigenvalue weighted by Gasteiger charge is 2.39. The quantitative estimate of drug-likeness (QED) is 0.683. The molecule has 0 spiro atoms. The molecule has 2 amide bonds. The second-order valence-electron chi connectivity index (χ2n) is 8.31. The number of hydrogen-bond acceptors (Lipinski definition) is 5. The maximum Gasteiger partial charge on any atom is 0.404 e. The largest absolute Gasteiger partial charge is 0.465 e. The summed E-state index contributed by atoms with van der Waals surface area (Å²) in [6.07, 6.45) is 3.55. The molecule has 1 aromatic carbocycles. The second kappa shape index (κ2) is 9.92. The zero-order chi connectivity index (χ0) is 22.7. The molecule has 0 radical (unpaired) electrons. The Labute approximate surface area is 196 Å². The molecule has 170 valence electrons. The first kappa shape index (κ1) is 22.6. The molecule has 4 rings (SSSR count). The van der Waals surface area contributed by atoms with Crippen molar-refractivity contribution in [1.29, 1.82) is 0 Å². The van der Waals surface area contributed by atoms with Crippen molar-refractivity contribution in [2.45, 2.75) is 18.8 Å². The van der Waals surface area contributed by atoms with Crippen molar-refractivity contribution in [1.82, 2.24) is 20.2 Å². The number of hydrogen-bond donors (Lipinski definition) is 2. The number of likely N-dealkylation sites (tertiary alicyclic amines) is 1. The minimum absolute atomic E-state index is 0.0128. The number of carbonyl (C=O) groups excluding carboxylic acids is 1. The summed E-state index contributed by atoms with van der Waals surface area (Å²) >= 11 is 11.9. The van der Waals surface area contributed by atoms with Gasteiger partial charge in [0, 0.05) is 55.5 Å². The van der Waals surface area contributed by atoms with E-state index in [4.69, 9.17) is 28.3 Å². The molecule has 2 saturated heterocycles. The maximum absolute atomic E-state index is 13.3. The fraction of sp³-hybridized carbons (Fsp3) is 0.455. The molecular weight excluding hydrogens is 453 g/mol. The highest BCUT2D eigenvalue weighted by molar-refractivity contribution is 6.30. The lowest BCUT2D eigenvalue weighted by molar-refractivity contribution is -0.135. The van der Waals surface area contributed by atoms with Crippen LogP contribution in [0, 0.1) is 11.8 Å². The van der Waals surface area contributed by atoms with Gasteiger partial charge in [0.05, 0.1) is 17.4 Å². The maximum atomic E-state index is 13.3. The topological polar surface area (TPSA) is 98.7 Å². The highest BCUT2D eigenvalue weighted by atomic mass is 35.5. The molecule has 2 fully saturated rings. The van der Waals surface area contributed by atoms with Crippen molar-refractivity contribution in [2.75, 3.05) is 37.6 Å². The molecule has 0 saturated carbocycles. The van der Waals surface area contributed by atoms with E-state index >= 15 is 0 Å². The minimum atomic E-state index is -1.05. The summed E-state index contributed by atoms with van der Waals surface area (Å²) in [5, 5.41) is 12.7. The predicted molar refractivity (Wildman–Crippen MR) is 122 cm³/mol. The number of rotatable bonds is 5. The summed E-state index contributed by atoms with van der Waals surface area (Å²) < 4.78 is 0. The molecule has 32 heavy (non-hydrogen) atoms. The van der Waals surface area contributed by atoms with E-state index in [2.05, 4.69) is 20.2 Å². The van der Waals surface area contributed by atoms with Gasteiger partial charge in [0.15, 0.2) is 0 Å². The molecule has 8 nitrogen and oxygen atoms in total. The van der Waals surface area contributed by atoms with Crippen molar-refractivity contribution in [2.24, 2.45) is 11.8 Å². The molecule has 3 heterocycles. The van der Waals surface area contributed by atoms with Gasteiger partial charge in [-0.3, -0.25) is 4.79 Å². The Bertz CT molecular complexity index is 949. The van der Waals surface area contributed by atoms with Crippen molar-refractivity contribution < 1.29 is 14.7 Å². The van der Waals surface area contributed by atoms with Crippen molar-refractivity contribution in [3.05, 3.63) is 52.3 Å². The van der Waals surface area contributed by atoms with Gasteiger partial charge in [-0.15, -0.1) is 0 Å². The Kier molecular flexibility index (Phi) is 7.01. The van der Waals surface area contributed by atoms with Crippen LogP contribution in [0.4, 0.5) is 10.7 Å². The summed E-state index contributed by atoms with van der Waals surface area (Å²) in [5.74, 6) is 0.780. The van der Waals surface area contributed by atoms with Crippen LogP contribution in [-0.4, -0.2) is 64.7 Å². The molecule has 0 aliphatic carbocycles. The van der Waals surface area contributed by atoms with E-state index in [-0.39, 0.29) is 23.7 Å². The second-order valence-corrected chi connectivity index (χ2v) is 9.18. The number of piperidine rings is 1. The zero-order valence-electron chi connectivity index (χ0n) is 17.5. The molecular formula is C22H25Cl2N5O3. The van der Waals surface area contributed by atoms with Crippen LogP contribution in [0.25, 0.3) is 0 Å². The number of carboxylic acid groups (broad SMARTS) is 1. The number of amides is 2. The first-order valence-electron chi connectivity index (χ1n) is 10.6. The molecule has 0 unspecified atom stereocenters. The van der Waals surface area contributed by atoms with E-state index in [1.807, 2.05) is 29.2 Å². The van der Waals surface area contributed by atoms with E-state index in [1.165, 1.54) is 0 Å². The molecule has 10 heteroatoms. The summed E-state index contributed by atoms with van der Waals surface area (Å²) in [6.45, 7) is 2.82. The predicted octanol–water partition coefficient (Wildman–Crippen LogP) is 3.51. The smallest absolute Gasteiger partial charge is 0.404 e. The van der Waals surface area contributed by atoms with E-state index in [0.717, 1.165) is 18.4 Å². The number of benzene rings is 1. The van der Waals surface area contributed by atoms with Crippen LogP contribution < -0.4 is 10.2 Å². The Hall–Kier alpha value is -2.58. The van der Waals surface area contributed by atoms with E-state index in [1.54, 1.807) is 12.4 Å². The van der Waals surface area contributed by atoms with Gasteiger partial charge in [-0.1, -0.05) is 35.3 Å². The number of halogens is 2. The van der Waals surface area contributed by atoms with Gasteiger partial charge in [0.25, 0.3) is 0 Å². The van der Waals surface area contributed by atoms with E-state index in [9.17, 15) is 9.59 Å². The van der Waals surface area contributed by atoms with Crippen LogP contribution in [0.15, 0.2) is 36.7 Å². The summed E-state index contributed by atoms with van der Waals surface area (Å²) in [5.41, 5.74) is 1.07. The third-order valence-electron chi connectivity index (χ3n) is 6.30. The van der Waals surface area contributed by atoms with E-state index < -0.39 is 6.09 Å². The molecule has 2 aliphatic heterocycles. The average molecular weight is 478 g/mol. The van der Waals surface area contributed by atoms with Crippen LogP contribution in [0.1, 0.15) is 24.3 Å². The number of anilines is 1. The standard InChI is InChI=1S/C22H25Cl2N5O3/c23-17-3-1-14(2-4-17)19-13-29(12-16(19)9-27-22(31)32)20(30)15-5-7-28(8-6-15)21-25-10-18(24)11-26-21/h1-4,10-11,15-16,19,27H,5-9,12-13H2,(H,31,32)/t16-,19-/m0/s1. The minimum Gasteiger partial charge on any atom is -0.465 e. The van der Waals surface area contributed by atoms with Gasteiger partial charge in [0.1, 0.15) is 0 Å². The van der Waals surface area contributed by atoms with Gasteiger partial charge in [-0.2, -0.15) is 0 Å².